The Labute approximate surface area is 144 Å². The Morgan fingerprint density at radius 2 is 1.79 bits per heavy atom. The number of rotatable bonds is 6. The number of carbonyl (C=O) groups excluding carboxylic acids is 1. The summed E-state index contributed by atoms with van der Waals surface area (Å²) in [7, 11) is 2.85. The molecule has 0 fully saturated rings. The van der Waals surface area contributed by atoms with Crippen molar-refractivity contribution >= 4 is 23.5 Å². The number of carbonyl (C=O) groups is 2. The predicted molar refractivity (Wildman–Crippen MR) is 89.9 cm³/mol. The molecule has 1 atom stereocenters. The highest BCUT2D eigenvalue weighted by Crippen LogP contribution is 2.33. The Balaban J connectivity index is 2.55. The molecule has 0 aromatic heterocycles. The van der Waals surface area contributed by atoms with E-state index in [0.717, 1.165) is 5.56 Å². The van der Waals surface area contributed by atoms with Crippen molar-refractivity contribution in [3.63, 3.8) is 0 Å². The van der Waals surface area contributed by atoms with Crippen LogP contribution in [0.4, 0.5) is 0 Å². The van der Waals surface area contributed by atoms with E-state index in [9.17, 15) is 14.7 Å². The van der Waals surface area contributed by atoms with Crippen LogP contribution in [0, 0.1) is 0 Å². The fourth-order valence-electron chi connectivity index (χ4n) is 2.51. The van der Waals surface area contributed by atoms with E-state index in [2.05, 4.69) is 0 Å². The first-order valence-corrected chi connectivity index (χ1v) is 7.57. The minimum Gasteiger partial charge on any atom is -0.497 e. The lowest BCUT2D eigenvalue weighted by Crippen LogP contribution is -2.14. The first kappa shape index (κ1) is 17.8. The van der Waals surface area contributed by atoms with Crippen molar-refractivity contribution in [3.05, 3.63) is 64.2 Å². The van der Waals surface area contributed by atoms with E-state index in [1.54, 1.807) is 37.4 Å². The Morgan fingerprint density at radius 1 is 1.12 bits per heavy atom. The lowest BCUT2D eigenvalue weighted by molar-refractivity contribution is -0.140. The van der Waals surface area contributed by atoms with Gasteiger partial charge in [-0.1, -0.05) is 23.7 Å². The van der Waals surface area contributed by atoms with Crippen LogP contribution < -0.4 is 4.74 Å². The molecule has 5 nitrogen and oxygen atoms in total. The molecule has 0 aliphatic heterocycles. The van der Waals surface area contributed by atoms with Crippen LogP contribution in [-0.2, 0) is 9.53 Å². The van der Waals surface area contributed by atoms with Crippen molar-refractivity contribution in [1.29, 1.82) is 0 Å². The molecule has 0 saturated carbocycles. The number of benzene rings is 2. The number of hydrogen-bond donors (Lipinski definition) is 1. The molecule has 0 heterocycles. The first-order valence-electron chi connectivity index (χ1n) is 7.19. The molecule has 2 aromatic carbocycles. The molecule has 0 radical (unpaired) electrons. The number of hydrogen-bond acceptors (Lipinski definition) is 4. The largest absolute Gasteiger partial charge is 0.497 e. The van der Waals surface area contributed by atoms with E-state index in [1.807, 2.05) is 0 Å². The zero-order valence-corrected chi connectivity index (χ0v) is 14.0. The Kier molecular flexibility index (Phi) is 5.82. The van der Waals surface area contributed by atoms with Crippen LogP contribution >= 0.6 is 11.6 Å². The fourth-order valence-corrected chi connectivity index (χ4v) is 2.69. The van der Waals surface area contributed by atoms with Crippen LogP contribution in [0.5, 0.6) is 5.75 Å². The molecule has 1 unspecified atom stereocenters. The van der Waals surface area contributed by atoms with Gasteiger partial charge in [0.25, 0.3) is 0 Å². The van der Waals surface area contributed by atoms with Crippen molar-refractivity contribution in [2.45, 2.75) is 12.3 Å². The molecule has 0 aliphatic carbocycles. The lowest BCUT2D eigenvalue weighted by Gasteiger charge is -2.19. The second kappa shape index (κ2) is 7.84. The van der Waals surface area contributed by atoms with E-state index in [4.69, 9.17) is 21.1 Å². The van der Waals surface area contributed by atoms with Gasteiger partial charge in [-0.05, 0) is 41.5 Å². The summed E-state index contributed by atoms with van der Waals surface area (Å²) in [5.41, 5.74) is 1.33. The maximum absolute atomic E-state index is 11.8. The Morgan fingerprint density at radius 3 is 2.33 bits per heavy atom. The number of ether oxygens (including phenoxy) is 2. The van der Waals surface area contributed by atoms with Crippen LogP contribution in [0.3, 0.4) is 0 Å². The number of carboxylic acid groups (broad SMARTS) is 1. The SMILES string of the molecule is COC(=O)CC(c1ccc(OC)cc1)c1cc(Cl)ccc1C(=O)O. The normalized spacial score (nSPS) is 11.6. The summed E-state index contributed by atoms with van der Waals surface area (Å²) < 4.78 is 9.89. The summed E-state index contributed by atoms with van der Waals surface area (Å²) in [6, 6.07) is 11.6. The van der Waals surface area contributed by atoms with Gasteiger partial charge in [-0.15, -0.1) is 0 Å². The van der Waals surface area contributed by atoms with E-state index >= 15 is 0 Å². The van der Waals surface area contributed by atoms with Crippen molar-refractivity contribution in [2.24, 2.45) is 0 Å². The maximum atomic E-state index is 11.8. The van der Waals surface area contributed by atoms with Crippen LogP contribution in [0.15, 0.2) is 42.5 Å². The Bertz CT molecular complexity index is 740. The fraction of sp³-hybridized carbons (Fsp3) is 0.222. The molecule has 126 valence electrons. The van der Waals surface area contributed by atoms with Crippen LogP contribution in [0.1, 0.15) is 33.8 Å². The molecule has 0 aliphatic rings. The molecule has 0 bridgehead atoms. The molecule has 2 aromatic rings. The number of aromatic carboxylic acids is 1. The number of esters is 1. The highest BCUT2D eigenvalue weighted by atomic mass is 35.5. The van der Waals surface area contributed by atoms with Gasteiger partial charge < -0.3 is 14.6 Å². The summed E-state index contributed by atoms with van der Waals surface area (Å²) in [5.74, 6) is -1.34. The standard InChI is InChI=1S/C18H17ClO5/c1-23-13-6-3-11(4-7-13)15(10-17(20)24-2)16-9-12(19)5-8-14(16)18(21)22/h3-9,15H,10H2,1-2H3,(H,21,22). The minimum atomic E-state index is -1.08. The first-order chi connectivity index (χ1) is 11.5. The number of halogens is 1. The molecular weight excluding hydrogens is 332 g/mol. The summed E-state index contributed by atoms with van der Waals surface area (Å²) in [4.78, 5) is 23.4. The predicted octanol–water partition coefficient (Wildman–Crippen LogP) is 3.74. The third kappa shape index (κ3) is 4.06. The Hall–Kier alpha value is -2.53. The van der Waals surface area contributed by atoms with E-state index in [-0.39, 0.29) is 12.0 Å². The van der Waals surface area contributed by atoms with Gasteiger partial charge in [-0.25, -0.2) is 4.79 Å². The van der Waals surface area contributed by atoms with Gasteiger partial charge >= 0.3 is 11.9 Å². The third-order valence-electron chi connectivity index (χ3n) is 3.74. The molecule has 24 heavy (non-hydrogen) atoms. The van der Waals surface area contributed by atoms with Gasteiger partial charge in [-0.3, -0.25) is 4.79 Å². The van der Waals surface area contributed by atoms with Crippen molar-refractivity contribution < 1.29 is 24.2 Å². The molecule has 0 amide bonds. The monoisotopic (exact) mass is 348 g/mol. The minimum absolute atomic E-state index is 0.00342. The number of carboxylic acids is 1. The van der Waals surface area contributed by atoms with Gasteiger partial charge in [0.2, 0.25) is 0 Å². The molecule has 1 N–H and O–H groups in total. The summed E-state index contributed by atoms with van der Waals surface area (Å²) in [6.45, 7) is 0. The van der Waals surface area contributed by atoms with Crippen LogP contribution in [0.2, 0.25) is 5.02 Å². The van der Waals surface area contributed by atoms with Crippen molar-refractivity contribution in [1.82, 2.24) is 0 Å². The number of methoxy groups -OCH3 is 2. The zero-order valence-electron chi connectivity index (χ0n) is 13.3. The highest BCUT2D eigenvalue weighted by Gasteiger charge is 2.24. The van der Waals surface area contributed by atoms with Gasteiger partial charge in [0, 0.05) is 10.9 Å². The van der Waals surface area contributed by atoms with Crippen LogP contribution in [0.25, 0.3) is 0 Å². The topological polar surface area (TPSA) is 72.8 Å². The molecule has 6 heteroatoms. The molecule has 0 spiro atoms. The van der Waals surface area contributed by atoms with Crippen LogP contribution in [-0.4, -0.2) is 31.3 Å². The van der Waals surface area contributed by atoms with E-state index in [1.165, 1.54) is 19.2 Å². The summed E-state index contributed by atoms with van der Waals surface area (Å²) >= 11 is 6.04. The second-order valence-electron chi connectivity index (χ2n) is 5.14. The molecule has 2 rings (SSSR count). The third-order valence-corrected chi connectivity index (χ3v) is 3.97. The smallest absolute Gasteiger partial charge is 0.335 e. The quantitative estimate of drug-likeness (QED) is 0.805. The molecule has 0 saturated heterocycles. The van der Waals surface area contributed by atoms with Gasteiger partial charge in [-0.2, -0.15) is 0 Å². The van der Waals surface area contributed by atoms with Crippen molar-refractivity contribution in [2.75, 3.05) is 14.2 Å². The average molecular weight is 349 g/mol. The van der Waals surface area contributed by atoms with Gasteiger partial charge in [0.15, 0.2) is 0 Å². The summed E-state index contributed by atoms with van der Waals surface area (Å²) in [6.07, 6.45) is 0.00342. The van der Waals surface area contributed by atoms with E-state index < -0.39 is 17.9 Å². The van der Waals surface area contributed by atoms with E-state index in [0.29, 0.717) is 16.3 Å². The van der Waals surface area contributed by atoms with Gasteiger partial charge in [0.05, 0.1) is 26.2 Å². The zero-order chi connectivity index (χ0) is 17.7. The van der Waals surface area contributed by atoms with Gasteiger partial charge in [0.1, 0.15) is 5.75 Å². The second-order valence-corrected chi connectivity index (χ2v) is 5.58. The lowest BCUT2D eigenvalue weighted by atomic mass is 9.85. The van der Waals surface area contributed by atoms with Crippen molar-refractivity contribution in [3.8, 4) is 5.75 Å². The summed E-state index contributed by atoms with van der Waals surface area (Å²) in [5, 5.41) is 9.85. The molecular formula is C18H17ClO5. The average Bonchev–Trinajstić information content (AvgIpc) is 2.59. The highest BCUT2D eigenvalue weighted by molar-refractivity contribution is 6.30. The maximum Gasteiger partial charge on any atom is 0.335 e.